The second-order valence-electron chi connectivity index (χ2n) is 6.67. The Morgan fingerprint density at radius 3 is 2.63 bits per heavy atom. The molecule has 0 aliphatic rings. The summed E-state index contributed by atoms with van der Waals surface area (Å²) in [5.41, 5.74) is 2.20. The molecule has 0 amide bonds. The SMILES string of the molecule is CCOc1cc(-c2nc3ccccc3c(=O)[nH]2)ccc1OCc1cccc(OC)c1. The van der Waals surface area contributed by atoms with Gasteiger partial charge < -0.3 is 19.2 Å². The van der Waals surface area contributed by atoms with Crippen LogP contribution >= 0.6 is 0 Å². The summed E-state index contributed by atoms with van der Waals surface area (Å²) in [7, 11) is 1.64. The van der Waals surface area contributed by atoms with Crippen LogP contribution in [0.1, 0.15) is 12.5 Å². The number of para-hydroxylation sites is 1. The van der Waals surface area contributed by atoms with Crippen LogP contribution < -0.4 is 19.8 Å². The van der Waals surface area contributed by atoms with Crippen LogP contribution in [0.25, 0.3) is 22.3 Å². The van der Waals surface area contributed by atoms with E-state index < -0.39 is 0 Å². The van der Waals surface area contributed by atoms with Gasteiger partial charge in [0, 0.05) is 5.56 Å². The van der Waals surface area contributed by atoms with Crippen molar-refractivity contribution in [1.82, 2.24) is 9.97 Å². The van der Waals surface area contributed by atoms with Gasteiger partial charge in [-0.15, -0.1) is 0 Å². The first-order chi connectivity index (χ1) is 14.7. The highest BCUT2D eigenvalue weighted by Crippen LogP contribution is 2.32. The van der Waals surface area contributed by atoms with Crippen molar-refractivity contribution < 1.29 is 14.2 Å². The Bertz CT molecular complexity index is 1230. The average Bonchev–Trinajstić information content (AvgIpc) is 2.78. The Kier molecular flexibility index (Phi) is 5.66. The largest absolute Gasteiger partial charge is 0.497 e. The zero-order valence-corrected chi connectivity index (χ0v) is 16.8. The van der Waals surface area contributed by atoms with Gasteiger partial charge in [0.1, 0.15) is 18.2 Å². The highest BCUT2D eigenvalue weighted by Gasteiger charge is 2.11. The van der Waals surface area contributed by atoms with Crippen molar-refractivity contribution >= 4 is 10.9 Å². The molecule has 0 saturated heterocycles. The van der Waals surface area contributed by atoms with Crippen LogP contribution in [0.2, 0.25) is 0 Å². The fraction of sp³-hybridized carbons (Fsp3) is 0.167. The molecule has 0 bridgehead atoms. The molecule has 152 valence electrons. The molecule has 4 rings (SSSR count). The number of nitrogens with one attached hydrogen (secondary N) is 1. The molecule has 0 aliphatic carbocycles. The molecular weight excluding hydrogens is 380 g/mol. The maximum absolute atomic E-state index is 12.4. The first-order valence-electron chi connectivity index (χ1n) is 9.70. The lowest BCUT2D eigenvalue weighted by atomic mass is 10.1. The minimum absolute atomic E-state index is 0.174. The number of rotatable bonds is 7. The Balaban J connectivity index is 1.64. The van der Waals surface area contributed by atoms with Gasteiger partial charge in [0.05, 0.1) is 24.6 Å². The van der Waals surface area contributed by atoms with Gasteiger partial charge in [0.15, 0.2) is 11.5 Å². The van der Waals surface area contributed by atoms with E-state index in [0.717, 1.165) is 16.9 Å². The highest BCUT2D eigenvalue weighted by atomic mass is 16.5. The molecule has 1 heterocycles. The number of methoxy groups -OCH3 is 1. The van der Waals surface area contributed by atoms with Crippen LogP contribution in [0.3, 0.4) is 0 Å². The lowest BCUT2D eigenvalue weighted by Crippen LogP contribution is -2.09. The molecule has 0 saturated carbocycles. The molecule has 6 nitrogen and oxygen atoms in total. The molecular formula is C24H22N2O4. The Morgan fingerprint density at radius 1 is 0.933 bits per heavy atom. The van der Waals surface area contributed by atoms with E-state index in [1.54, 1.807) is 13.2 Å². The lowest BCUT2D eigenvalue weighted by Gasteiger charge is -2.14. The van der Waals surface area contributed by atoms with Crippen LogP contribution in [-0.2, 0) is 6.61 Å². The third-order valence-electron chi connectivity index (χ3n) is 4.66. The van der Waals surface area contributed by atoms with E-state index >= 15 is 0 Å². The van der Waals surface area contributed by atoms with Crippen molar-refractivity contribution in [2.75, 3.05) is 13.7 Å². The number of ether oxygens (including phenoxy) is 3. The standard InChI is InChI=1S/C24H22N2O4/c1-3-29-22-14-17(23-25-20-10-5-4-9-19(20)24(27)26-23)11-12-21(22)30-15-16-7-6-8-18(13-16)28-2/h4-14H,3,15H2,1-2H3,(H,25,26,27). The molecule has 3 aromatic carbocycles. The summed E-state index contributed by atoms with van der Waals surface area (Å²) in [6.07, 6.45) is 0. The van der Waals surface area contributed by atoms with Crippen molar-refractivity contribution in [3.05, 3.63) is 82.6 Å². The molecule has 0 aliphatic heterocycles. The van der Waals surface area contributed by atoms with Crippen molar-refractivity contribution in [3.63, 3.8) is 0 Å². The highest BCUT2D eigenvalue weighted by molar-refractivity contribution is 5.79. The van der Waals surface area contributed by atoms with Crippen molar-refractivity contribution in [1.29, 1.82) is 0 Å². The van der Waals surface area contributed by atoms with E-state index in [4.69, 9.17) is 14.2 Å². The first kappa shape index (κ1) is 19.5. The van der Waals surface area contributed by atoms with Gasteiger partial charge in [0.2, 0.25) is 0 Å². The van der Waals surface area contributed by atoms with Gasteiger partial charge in [-0.1, -0.05) is 24.3 Å². The molecule has 30 heavy (non-hydrogen) atoms. The minimum Gasteiger partial charge on any atom is -0.497 e. The van der Waals surface area contributed by atoms with Gasteiger partial charge >= 0.3 is 0 Å². The zero-order chi connectivity index (χ0) is 20.9. The minimum atomic E-state index is -0.174. The third-order valence-corrected chi connectivity index (χ3v) is 4.66. The van der Waals surface area contributed by atoms with Gasteiger partial charge in [-0.2, -0.15) is 0 Å². The number of nitrogens with zero attached hydrogens (tertiary/aromatic N) is 1. The van der Waals surface area contributed by atoms with E-state index in [2.05, 4.69) is 9.97 Å². The first-order valence-corrected chi connectivity index (χ1v) is 9.70. The molecule has 0 spiro atoms. The molecule has 6 heteroatoms. The fourth-order valence-electron chi connectivity index (χ4n) is 3.19. The Labute approximate surface area is 174 Å². The maximum atomic E-state index is 12.4. The predicted molar refractivity (Wildman–Crippen MR) is 116 cm³/mol. The molecule has 0 radical (unpaired) electrons. The van der Waals surface area contributed by atoms with Gasteiger partial charge in [-0.25, -0.2) is 4.98 Å². The fourth-order valence-corrected chi connectivity index (χ4v) is 3.19. The quantitative estimate of drug-likeness (QED) is 0.490. The van der Waals surface area contributed by atoms with E-state index in [0.29, 0.717) is 41.4 Å². The lowest BCUT2D eigenvalue weighted by molar-refractivity contribution is 0.269. The van der Waals surface area contributed by atoms with E-state index in [1.165, 1.54) is 0 Å². The molecule has 1 N–H and O–H groups in total. The van der Waals surface area contributed by atoms with Gasteiger partial charge in [-0.3, -0.25) is 4.79 Å². The average molecular weight is 402 g/mol. The van der Waals surface area contributed by atoms with E-state index in [9.17, 15) is 4.79 Å². The summed E-state index contributed by atoms with van der Waals surface area (Å²) < 4.78 is 17.0. The summed E-state index contributed by atoms with van der Waals surface area (Å²) in [6, 6.07) is 20.5. The number of H-pyrrole nitrogens is 1. The predicted octanol–water partition coefficient (Wildman–Crippen LogP) is 4.58. The Morgan fingerprint density at radius 2 is 1.80 bits per heavy atom. The number of benzene rings is 3. The van der Waals surface area contributed by atoms with Crippen molar-refractivity contribution in [2.24, 2.45) is 0 Å². The van der Waals surface area contributed by atoms with E-state index in [-0.39, 0.29) is 5.56 Å². The monoisotopic (exact) mass is 402 g/mol. The third kappa shape index (κ3) is 4.12. The zero-order valence-electron chi connectivity index (χ0n) is 16.8. The molecule has 4 aromatic rings. The van der Waals surface area contributed by atoms with Crippen LogP contribution in [0.5, 0.6) is 17.2 Å². The number of aromatic amines is 1. The summed E-state index contributed by atoms with van der Waals surface area (Å²) in [6.45, 7) is 2.77. The van der Waals surface area contributed by atoms with E-state index in [1.807, 2.05) is 67.6 Å². The number of fused-ring (bicyclic) bond motifs is 1. The summed E-state index contributed by atoms with van der Waals surface area (Å²) >= 11 is 0. The smallest absolute Gasteiger partial charge is 0.259 e. The summed E-state index contributed by atoms with van der Waals surface area (Å²) in [5.74, 6) is 2.47. The second-order valence-corrected chi connectivity index (χ2v) is 6.67. The van der Waals surface area contributed by atoms with Gasteiger partial charge in [-0.05, 0) is 55.0 Å². The Hall–Kier alpha value is -3.80. The van der Waals surface area contributed by atoms with Crippen LogP contribution in [-0.4, -0.2) is 23.7 Å². The molecule has 0 fully saturated rings. The summed E-state index contributed by atoms with van der Waals surface area (Å²) in [5, 5.41) is 0.560. The second kappa shape index (κ2) is 8.69. The van der Waals surface area contributed by atoms with Gasteiger partial charge in [0.25, 0.3) is 5.56 Å². The molecule has 0 atom stereocenters. The molecule has 0 unspecified atom stereocenters. The topological polar surface area (TPSA) is 73.4 Å². The number of aromatic nitrogens is 2. The summed E-state index contributed by atoms with van der Waals surface area (Å²) in [4.78, 5) is 19.8. The normalized spacial score (nSPS) is 10.7. The van der Waals surface area contributed by atoms with Crippen molar-refractivity contribution in [2.45, 2.75) is 13.5 Å². The maximum Gasteiger partial charge on any atom is 0.259 e. The van der Waals surface area contributed by atoms with Crippen LogP contribution in [0.15, 0.2) is 71.5 Å². The van der Waals surface area contributed by atoms with Crippen LogP contribution in [0, 0.1) is 0 Å². The molecule has 1 aromatic heterocycles. The van der Waals surface area contributed by atoms with Crippen molar-refractivity contribution in [3.8, 4) is 28.6 Å². The number of hydrogen-bond donors (Lipinski definition) is 1. The number of hydrogen-bond acceptors (Lipinski definition) is 5. The van der Waals surface area contributed by atoms with Crippen LogP contribution in [0.4, 0.5) is 0 Å².